The molecule has 5 nitrogen and oxygen atoms in total. The molecule has 5 rings (SSSR count). The first-order chi connectivity index (χ1) is 15.8. The summed E-state index contributed by atoms with van der Waals surface area (Å²) in [6.07, 6.45) is 1.85. The number of hydrogen-bond donors (Lipinski definition) is 1. The average molecular weight is 478 g/mol. The molecule has 1 atom stereocenters. The van der Waals surface area contributed by atoms with Gasteiger partial charge in [0.25, 0.3) is 5.91 Å². The van der Waals surface area contributed by atoms with Crippen LogP contribution in [0.25, 0.3) is 33.1 Å². The zero-order chi connectivity index (χ0) is 23.3. The Morgan fingerprint density at radius 2 is 2.09 bits per heavy atom. The Kier molecular flexibility index (Phi) is 5.49. The molecule has 0 radical (unpaired) electrons. The molecule has 0 aliphatic carbocycles. The van der Waals surface area contributed by atoms with E-state index in [2.05, 4.69) is 21.9 Å². The lowest BCUT2D eigenvalue weighted by atomic mass is 9.93. The molecule has 2 aromatic carbocycles. The van der Waals surface area contributed by atoms with Gasteiger partial charge >= 0.3 is 0 Å². The van der Waals surface area contributed by atoms with Gasteiger partial charge in [-0.1, -0.05) is 19.1 Å². The van der Waals surface area contributed by atoms with E-state index >= 15 is 0 Å². The van der Waals surface area contributed by atoms with Gasteiger partial charge in [0.05, 0.1) is 11.4 Å². The highest BCUT2D eigenvalue weighted by Crippen LogP contribution is 2.39. The third-order valence-corrected chi connectivity index (χ3v) is 9.45. The number of rotatable bonds is 4. The van der Waals surface area contributed by atoms with Gasteiger partial charge in [0, 0.05) is 45.5 Å². The molecule has 1 fully saturated rings. The van der Waals surface area contributed by atoms with Crippen molar-refractivity contribution in [3.05, 3.63) is 59.3 Å². The Labute approximate surface area is 198 Å². The maximum atomic E-state index is 13.5. The molecule has 33 heavy (non-hydrogen) atoms. The van der Waals surface area contributed by atoms with Crippen LogP contribution < -0.4 is 0 Å². The minimum atomic E-state index is -2.36. The summed E-state index contributed by atoms with van der Waals surface area (Å²) in [6.45, 7) is 6.69. The number of carbonyl (C=O) groups is 1. The van der Waals surface area contributed by atoms with Crippen molar-refractivity contribution in [1.29, 1.82) is 0 Å². The van der Waals surface area contributed by atoms with E-state index in [1.807, 2.05) is 62.2 Å². The third-order valence-electron chi connectivity index (χ3n) is 6.44. The quantitative estimate of drug-likeness (QED) is 0.408. The fraction of sp³-hybridized carbons (Fsp3) is 0.269. The zero-order valence-electron chi connectivity index (χ0n) is 19.1. The van der Waals surface area contributed by atoms with E-state index in [4.69, 9.17) is 0 Å². The summed E-state index contributed by atoms with van der Waals surface area (Å²) in [5, 5.41) is 2.06. The second-order valence-electron chi connectivity index (χ2n) is 8.61. The maximum Gasteiger partial charge on any atom is 0.254 e. The molecule has 1 amide bonds. The number of benzene rings is 2. The number of aryl methyl sites for hydroxylation is 2. The highest BCUT2D eigenvalue weighted by atomic mass is 32.2. The Bertz CT molecular complexity index is 1510. The normalized spacial score (nSPS) is 15.9. The number of nitrogens with one attached hydrogen (secondary N) is 1. The number of pyridine rings is 1. The largest absolute Gasteiger partial charge is 0.339 e. The van der Waals surface area contributed by atoms with Crippen molar-refractivity contribution in [1.82, 2.24) is 14.9 Å². The van der Waals surface area contributed by atoms with Crippen LogP contribution in [0.1, 0.15) is 28.4 Å². The topological polar surface area (TPSA) is 66.1 Å². The summed E-state index contributed by atoms with van der Waals surface area (Å²) in [6, 6.07) is 11.9. The van der Waals surface area contributed by atoms with E-state index < -0.39 is 9.52 Å². The highest BCUT2D eigenvalue weighted by Gasteiger charge is 2.25. The van der Waals surface area contributed by atoms with Gasteiger partial charge in [0.1, 0.15) is 5.65 Å². The second kappa shape index (κ2) is 8.22. The first-order valence-corrected chi connectivity index (χ1v) is 14.1. The molecule has 0 spiro atoms. The molecule has 3 heterocycles. The van der Waals surface area contributed by atoms with Gasteiger partial charge < -0.3 is 9.88 Å². The molecule has 1 unspecified atom stereocenters. The van der Waals surface area contributed by atoms with Gasteiger partial charge in [-0.3, -0.25) is 9.00 Å². The van der Waals surface area contributed by atoms with Gasteiger partial charge in [0.2, 0.25) is 0 Å². The Hall–Kier alpha value is -2.77. The van der Waals surface area contributed by atoms with Gasteiger partial charge in [-0.15, -0.1) is 11.8 Å². The van der Waals surface area contributed by atoms with Crippen LogP contribution in [-0.2, 0) is 9.52 Å². The van der Waals surface area contributed by atoms with E-state index in [9.17, 15) is 9.00 Å². The highest BCUT2D eigenvalue weighted by molar-refractivity contribution is 8.00. The van der Waals surface area contributed by atoms with Crippen molar-refractivity contribution in [2.24, 2.45) is 0 Å². The molecule has 4 aromatic rings. The van der Waals surface area contributed by atoms with Crippen molar-refractivity contribution in [3.8, 4) is 11.1 Å². The lowest BCUT2D eigenvalue weighted by Gasteiger charge is -2.18. The molecular weight excluding hydrogens is 450 g/mol. The van der Waals surface area contributed by atoms with Crippen LogP contribution in [0.2, 0.25) is 0 Å². The van der Waals surface area contributed by atoms with Crippen LogP contribution in [0.15, 0.2) is 47.5 Å². The Morgan fingerprint density at radius 3 is 2.82 bits per heavy atom. The van der Waals surface area contributed by atoms with E-state index in [1.165, 1.54) is 0 Å². The maximum absolute atomic E-state index is 13.5. The number of carbonyl (C=O) groups excluding carboxylic acids is 1. The molecule has 2 aromatic heterocycles. The van der Waals surface area contributed by atoms with Crippen molar-refractivity contribution >= 4 is 55.0 Å². The molecule has 1 aliphatic rings. The second-order valence-corrected chi connectivity index (χ2v) is 12.4. The third kappa shape index (κ3) is 3.73. The number of H-pyrrole nitrogens is 1. The number of hydrogen-bond acceptors (Lipinski definition) is 4. The fourth-order valence-electron chi connectivity index (χ4n) is 4.45. The van der Waals surface area contributed by atoms with E-state index in [0.717, 1.165) is 61.4 Å². The fourth-order valence-corrected chi connectivity index (χ4v) is 6.40. The summed E-state index contributed by atoms with van der Waals surface area (Å²) < 4.78 is 13.0. The average Bonchev–Trinajstić information content (AvgIpc) is 3.48. The predicted molar refractivity (Wildman–Crippen MR) is 141 cm³/mol. The minimum absolute atomic E-state index is 0.0501. The molecule has 1 aliphatic heterocycles. The molecule has 1 N–H and O–H groups in total. The summed E-state index contributed by atoms with van der Waals surface area (Å²) in [7, 11) is -2.36. The van der Waals surface area contributed by atoms with E-state index in [1.54, 1.807) is 11.8 Å². The number of nitrogens with zero attached hydrogens (tertiary/aromatic N) is 2. The lowest BCUT2D eigenvalue weighted by molar-refractivity contribution is 0.0802. The molecule has 1 saturated heterocycles. The standard InChI is InChI=1S/C26H27N3O2S2/c1-5-33(4,31)19-8-6-7-18(12-19)21-13-20(26(30)29-9-10-32-15-29)17(3)24-23(21)22-11-16(2)14-27-25(22)28-24/h6-8,11-14H,4-5,9-10,15H2,1-3H3,(H,27,28). The first kappa shape index (κ1) is 22.0. The monoisotopic (exact) mass is 477 g/mol. The number of aromatic nitrogens is 2. The lowest BCUT2D eigenvalue weighted by Crippen LogP contribution is -2.28. The summed E-state index contributed by atoms with van der Waals surface area (Å²) in [5.74, 6) is 6.18. The molecular formula is C26H27N3O2S2. The molecule has 0 bridgehead atoms. The smallest absolute Gasteiger partial charge is 0.254 e. The van der Waals surface area contributed by atoms with Crippen molar-refractivity contribution in [2.45, 2.75) is 25.7 Å². The summed E-state index contributed by atoms with van der Waals surface area (Å²) in [5.41, 5.74) is 6.28. The molecule has 0 saturated carbocycles. The van der Waals surface area contributed by atoms with Crippen molar-refractivity contribution in [3.63, 3.8) is 0 Å². The van der Waals surface area contributed by atoms with Crippen LogP contribution in [0.3, 0.4) is 0 Å². The van der Waals surface area contributed by atoms with Crippen LogP contribution in [0.5, 0.6) is 0 Å². The van der Waals surface area contributed by atoms with E-state index in [-0.39, 0.29) is 5.91 Å². The van der Waals surface area contributed by atoms with Gasteiger partial charge in [-0.05, 0) is 75.8 Å². The number of fused-ring (bicyclic) bond motifs is 3. The molecule has 170 valence electrons. The Balaban J connectivity index is 1.84. The number of aromatic amines is 1. The van der Waals surface area contributed by atoms with Gasteiger partial charge in [-0.2, -0.15) is 0 Å². The molecule has 7 heteroatoms. The van der Waals surface area contributed by atoms with Crippen LogP contribution >= 0.6 is 11.8 Å². The van der Waals surface area contributed by atoms with Crippen molar-refractivity contribution in [2.75, 3.05) is 23.9 Å². The van der Waals surface area contributed by atoms with Crippen LogP contribution in [-0.4, -0.2) is 54.8 Å². The van der Waals surface area contributed by atoms with Gasteiger partial charge in [-0.25, -0.2) is 4.98 Å². The van der Waals surface area contributed by atoms with Crippen molar-refractivity contribution < 1.29 is 9.00 Å². The zero-order valence-corrected chi connectivity index (χ0v) is 20.7. The Morgan fingerprint density at radius 1 is 1.27 bits per heavy atom. The SMILES string of the molecule is C=S(=O)(CC)c1cccc(-c2cc(C(=O)N3CCSC3)c(C)c3[nH]c4ncc(C)cc4c23)c1. The van der Waals surface area contributed by atoms with Crippen LogP contribution in [0, 0.1) is 13.8 Å². The number of thioether (sulfide) groups is 1. The van der Waals surface area contributed by atoms with Gasteiger partial charge in [0.15, 0.2) is 0 Å². The first-order valence-electron chi connectivity index (χ1n) is 11.0. The summed E-state index contributed by atoms with van der Waals surface area (Å²) in [4.78, 5) is 24.2. The minimum Gasteiger partial charge on any atom is -0.339 e. The predicted octanol–water partition coefficient (Wildman–Crippen LogP) is 5.24. The van der Waals surface area contributed by atoms with Crippen LogP contribution in [0.4, 0.5) is 0 Å². The number of amides is 1. The van der Waals surface area contributed by atoms with E-state index in [0.29, 0.717) is 17.2 Å². The summed E-state index contributed by atoms with van der Waals surface area (Å²) >= 11 is 1.78.